The van der Waals surface area contributed by atoms with E-state index in [1.807, 2.05) is 18.7 Å². The molecule has 0 aliphatic carbocycles. The van der Waals surface area contributed by atoms with E-state index in [0.717, 1.165) is 6.07 Å². The van der Waals surface area contributed by atoms with Crippen LogP contribution in [0.1, 0.15) is 13.8 Å². The van der Waals surface area contributed by atoms with Gasteiger partial charge in [0.15, 0.2) is 0 Å². The lowest BCUT2D eigenvalue weighted by atomic mass is 10.3. The normalized spacial score (nSPS) is 17.2. The summed E-state index contributed by atoms with van der Waals surface area (Å²) in [6.45, 7) is 5.54. The maximum atomic E-state index is 13.8. The minimum atomic E-state index is -3.84. The second kappa shape index (κ2) is 7.58. The van der Waals surface area contributed by atoms with Gasteiger partial charge in [0.05, 0.1) is 6.54 Å². The van der Waals surface area contributed by atoms with E-state index in [9.17, 15) is 17.6 Å². The van der Waals surface area contributed by atoms with Gasteiger partial charge in [-0.2, -0.15) is 4.31 Å². The van der Waals surface area contributed by atoms with Crippen molar-refractivity contribution in [2.24, 2.45) is 0 Å². The third-order valence-corrected chi connectivity index (χ3v) is 6.24. The summed E-state index contributed by atoms with van der Waals surface area (Å²) in [4.78, 5) is 15.4. The van der Waals surface area contributed by atoms with Crippen molar-refractivity contribution in [1.29, 1.82) is 0 Å². The van der Waals surface area contributed by atoms with Crippen LogP contribution >= 0.6 is 0 Å². The summed E-state index contributed by atoms with van der Waals surface area (Å²) < 4.78 is 40.1. The van der Waals surface area contributed by atoms with E-state index >= 15 is 0 Å². The number of amides is 1. The largest absolute Gasteiger partial charge is 0.342 e. The number of halogens is 1. The first-order valence-corrected chi connectivity index (χ1v) is 9.40. The molecule has 8 heteroatoms. The van der Waals surface area contributed by atoms with Gasteiger partial charge in [-0.15, -0.1) is 0 Å². The first kappa shape index (κ1) is 18.8. The van der Waals surface area contributed by atoms with Crippen LogP contribution in [0, 0.1) is 5.82 Å². The molecule has 1 aliphatic heterocycles. The van der Waals surface area contributed by atoms with Gasteiger partial charge in [-0.25, -0.2) is 12.8 Å². The summed E-state index contributed by atoms with van der Waals surface area (Å²) in [6.07, 6.45) is 0. The smallest absolute Gasteiger partial charge is 0.246 e. The Labute approximate surface area is 142 Å². The van der Waals surface area contributed by atoms with Gasteiger partial charge in [-0.05, 0) is 26.0 Å². The number of hydrogen-bond donors (Lipinski definition) is 0. The molecule has 0 aromatic heterocycles. The molecule has 0 bridgehead atoms. The third-order valence-electron chi connectivity index (χ3n) is 4.31. The lowest BCUT2D eigenvalue weighted by molar-refractivity contribution is -0.132. The number of rotatable bonds is 5. The second-order valence-electron chi connectivity index (χ2n) is 6.21. The van der Waals surface area contributed by atoms with Gasteiger partial charge >= 0.3 is 0 Å². The summed E-state index contributed by atoms with van der Waals surface area (Å²) in [7, 11) is -2.08. The molecule has 0 radical (unpaired) electrons. The molecule has 0 atom stereocenters. The lowest BCUT2D eigenvalue weighted by Gasteiger charge is -2.34. The van der Waals surface area contributed by atoms with Gasteiger partial charge in [-0.1, -0.05) is 12.1 Å². The zero-order chi connectivity index (χ0) is 17.9. The summed E-state index contributed by atoms with van der Waals surface area (Å²) in [5.41, 5.74) is 0. The van der Waals surface area contributed by atoms with Crippen molar-refractivity contribution < 1.29 is 17.6 Å². The molecule has 24 heavy (non-hydrogen) atoms. The molecular formula is C16H24FN3O3S. The van der Waals surface area contributed by atoms with Crippen LogP contribution in [0.15, 0.2) is 29.2 Å². The van der Waals surface area contributed by atoms with Crippen molar-refractivity contribution in [1.82, 2.24) is 14.1 Å². The van der Waals surface area contributed by atoms with Gasteiger partial charge in [0.1, 0.15) is 10.7 Å². The van der Waals surface area contributed by atoms with E-state index in [1.165, 1.54) is 22.5 Å². The van der Waals surface area contributed by atoms with E-state index in [2.05, 4.69) is 0 Å². The van der Waals surface area contributed by atoms with Crippen molar-refractivity contribution in [3.05, 3.63) is 30.1 Å². The van der Waals surface area contributed by atoms with Gasteiger partial charge in [0.2, 0.25) is 15.9 Å². The summed E-state index contributed by atoms with van der Waals surface area (Å²) in [6, 6.07) is 5.51. The van der Waals surface area contributed by atoms with E-state index < -0.39 is 15.8 Å². The lowest BCUT2D eigenvalue weighted by Crippen LogP contribution is -2.51. The highest BCUT2D eigenvalue weighted by Gasteiger charge is 2.31. The topological polar surface area (TPSA) is 60.9 Å². The van der Waals surface area contributed by atoms with Crippen molar-refractivity contribution >= 4 is 15.9 Å². The molecule has 0 unspecified atom stereocenters. The van der Waals surface area contributed by atoms with Crippen LogP contribution in [0.4, 0.5) is 4.39 Å². The maximum Gasteiger partial charge on any atom is 0.246 e. The number of piperazine rings is 1. The number of benzene rings is 1. The number of sulfonamides is 1. The van der Waals surface area contributed by atoms with Crippen LogP contribution in [0.25, 0.3) is 0 Å². The number of hydrogen-bond acceptors (Lipinski definition) is 4. The Hall–Kier alpha value is -1.51. The van der Waals surface area contributed by atoms with Crippen molar-refractivity contribution in [3.8, 4) is 0 Å². The average Bonchev–Trinajstić information content (AvgIpc) is 2.54. The predicted octanol–water partition coefficient (Wildman–Crippen LogP) is 0.999. The first-order valence-electron chi connectivity index (χ1n) is 7.96. The molecule has 0 spiro atoms. The Morgan fingerprint density at radius 2 is 1.79 bits per heavy atom. The predicted molar refractivity (Wildman–Crippen MR) is 89.5 cm³/mol. The molecule has 0 saturated carbocycles. The molecular weight excluding hydrogens is 333 g/mol. The van der Waals surface area contributed by atoms with Crippen molar-refractivity contribution in [2.75, 3.05) is 39.8 Å². The second-order valence-corrected chi connectivity index (χ2v) is 8.12. The highest BCUT2D eigenvalue weighted by molar-refractivity contribution is 7.89. The molecule has 1 aromatic carbocycles. The highest BCUT2D eigenvalue weighted by Crippen LogP contribution is 2.20. The Morgan fingerprint density at radius 1 is 1.21 bits per heavy atom. The molecule has 2 rings (SSSR count). The molecule has 134 valence electrons. The molecule has 1 fully saturated rings. The number of carbonyl (C=O) groups is 1. The molecule has 1 aliphatic rings. The summed E-state index contributed by atoms with van der Waals surface area (Å²) >= 11 is 0. The Bertz CT molecular complexity index is 686. The zero-order valence-electron chi connectivity index (χ0n) is 14.3. The zero-order valence-corrected chi connectivity index (χ0v) is 15.1. The summed E-state index contributed by atoms with van der Waals surface area (Å²) in [5.74, 6) is -0.732. The Morgan fingerprint density at radius 3 is 2.33 bits per heavy atom. The molecule has 1 saturated heterocycles. The monoisotopic (exact) mass is 357 g/mol. The van der Waals surface area contributed by atoms with Crippen LogP contribution in [0.5, 0.6) is 0 Å². The minimum absolute atomic E-state index is 0.00964. The van der Waals surface area contributed by atoms with Gasteiger partial charge in [0, 0.05) is 39.3 Å². The fraction of sp³-hybridized carbons (Fsp3) is 0.562. The Kier molecular flexibility index (Phi) is 5.95. The SMILES string of the molecule is CC(C)N(C)C(=O)CN1CCN(S(=O)(=O)c2ccccc2F)CC1. The minimum Gasteiger partial charge on any atom is -0.342 e. The van der Waals surface area contributed by atoms with E-state index in [1.54, 1.807) is 11.9 Å². The van der Waals surface area contributed by atoms with Crippen LogP contribution in [-0.4, -0.2) is 74.2 Å². The summed E-state index contributed by atoms with van der Waals surface area (Å²) in [5, 5.41) is 0. The van der Waals surface area contributed by atoms with Crippen LogP contribution in [-0.2, 0) is 14.8 Å². The molecule has 6 nitrogen and oxygen atoms in total. The van der Waals surface area contributed by atoms with E-state index in [4.69, 9.17) is 0 Å². The van der Waals surface area contributed by atoms with Gasteiger partial charge in [-0.3, -0.25) is 9.69 Å². The fourth-order valence-electron chi connectivity index (χ4n) is 2.51. The molecule has 1 aromatic rings. The first-order chi connectivity index (χ1) is 11.2. The highest BCUT2D eigenvalue weighted by atomic mass is 32.2. The van der Waals surface area contributed by atoms with E-state index in [-0.39, 0.29) is 36.5 Å². The number of likely N-dealkylation sites (N-methyl/N-ethyl adjacent to an activating group) is 1. The fourth-order valence-corrected chi connectivity index (χ4v) is 4.00. The quantitative estimate of drug-likeness (QED) is 0.789. The Balaban J connectivity index is 1.98. The standard InChI is InChI=1S/C16H24FN3O3S/c1-13(2)18(3)16(21)12-19-8-10-20(11-9-19)24(22,23)15-7-5-4-6-14(15)17/h4-7,13H,8-12H2,1-3H3. The van der Waals surface area contributed by atoms with Gasteiger partial charge in [0.25, 0.3) is 0 Å². The maximum absolute atomic E-state index is 13.8. The molecule has 1 heterocycles. The molecule has 1 amide bonds. The van der Waals surface area contributed by atoms with E-state index in [0.29, 0.717) is 13.1 Å². The molecule has 0 N–H and O–H groups in total. The third kappa shape index (κ3) is 4.12. The van der Waals surface area contributed by atoms with Crippen LogP contribution in [0.3, 0.4) is 0 Å². The number of carbonyl (C=O) groups excluding carboxylic acids is 1. The van der Waals surface area contributed by atoms with Crippen molar-refractivity contribution in [3.63, 3.8) is 0 Å². The van der Waals surface area contributed by atoms with Gasteiger partial charge < -0.3 is 4.90 Å². The number of nitrogens with zero attached hydrogens (tertiary/aromatic N) is 3. The van der Waals surface area contributed by atoms with Crippen molar-refractivity contribution in [2.45, 2.75) is 24.8 Å². The van der Waals surface area contributed by atoms with Crippen LogP contribution in [0.2, 0.25) is 0 Å². The average molecular weight is 357 g/mol. The van der Waals surface area contributed by atoms with Crippen LogP contribution < -0.4 is 0 Å².